The summed E-state index contributed by atoms with van der Waals surface area (Å²) >= 11 is 5.92. The third-order valence-corrected chi connectivity index (χ3v) is 5.70. The third-order valence-electron chi connectivity index (χ3n) is 5.41. The molecular weight excluding hydrogens is 480 g/mol. The molecule has 8 nitrogen and oxygen atoms in total. The van der Waals surface area contributed by atoms with Gasteiger partial charge in [-0.15, -0.1) is 0 Å². The molecular formula is C24H20ClF2N5O3. The average Bonchev–Trinajstić information content (AvgIpc) is 3.36. The molecule has 0 saturated carbocycles. The Morgan fingerprint density at radius 2 is 1.91 bits per heavy atom. The van der Waals surface area contributed by atoms with Crippen molar-refractivity contribution in [3.05, 3.63) is 65.6 Å². The largest absolute Gasteiger partial charge is 0.486 e. The van der Waals surface area contributed by atoms with Crippen molar-refractivity contribution in [3.63, 3.8) is 0 Å². The van der Waals surface area contributed by atoms with Gasteiger partial charge in [0.15, 0.2) is 5.82 Å². The summed E-state index contributed by atoms with van der Waals surface area (Å²) in [5.41, 5.74) is 1.76. The molecule has 1 aliphatic heterocycles. The van der Waals surface area contributed by atoms with Gasteiger partial charge in [0.2, 0.25) is 5.88 Å². The van der Waals surface area contributed by atoms with Gasteiger partial charge < -0.3 is 24.8 Å². The zero-order chi connectivity index (χ0) is 24.4. The molecule has 0 amide bonds. The summed E-state index contributed by atoms with van der Waals surface area (Å²) in [6.07, 6.45) is 3.06. The van der Waals surface area contributed by atoms with Crippen molar-refractivity contribution < 1.29 is 23.0 Å². The molecule has 4 aromatic rings. The quantitative estimate of drug-likeness (QED) is 0.338. The zero-order valence-electron chi connectivity index (χ0n) is 18.5. The van der Waals surface area contributed by atoms with Crippen LogP contribution < -0.4 is 20.1 Å². The summed E-state index contributed by atoms with van der Waals surface area (Å²) in [7, 11) is 1.45. The summed E-state index contributed by atoms with van der Waals surface area (Å²) in [6.45, 7) is 1.06. The van der Waals surface area contributed by atoms with E-state index in [1.54, 1.807) is 18.2 Å². The number of halogens is 3. The normalized spacial score (nSPS) is 15.3. The minimum atomic E-state index is -0.565. The summed E-state index contributed by atoms with van der Waals surface area (Å²) in [4.78, 5) is 12.6. The van der Waals surface area contributed by atoms with Crippen molar-refractivity contribution in [3.8, 4) is 11.6 Å². The van der Waals surface area contributed by atoms with E-state index in [2.05, 4.69) is 25.6 Å². The van der Waals surface area contributed by atoms with Crippen molar-refractivity contribution in [2.45, 2.75) is 12.5 Å². The number of anilines is 4. The lowest BCUT2D eigenvalue weighted by molar-refractivity contribution is 0.142. The van der Waals surface area contributed by atoms with Crippen LogP contribution in [0.15, 0.2) is 48.9 Å². The fraction of sp³-hybridized carbons (Fsp3) is 0.208. The van der Waals surface area contributed by atoms with E-state index < -0.39 is 11.6 Å². The summed E-state index contributed by atoms with van der Waals surface area (Å²) < 4.78 is 44.9. The number of nitrogens with zero attached hydrogens (tertiary/aromatic N) is 3. The number of nitrogens with one attached hydrogen (secondary N) is 2. The molecule has 180 valence electrons. The molecule has 11 heteroatoms. The Bertz CT molecular complexity index is 1390. The fourth-order valence-electron chi connectivity index (χ4n) is 3.65. The summed E-state index contributed by atoms with van der Waals surface area (Å²) in [6, 6.07) is 9.21. The second-order valence-corrected chi connectivity index (χ2v) is 8.18. The van der Waals surface area contributed by atoms with Gasteiger partial charge in [-0.1, -0.05) is 11.6 Å². The molecule has 0 spiro atoms. The van der Waals surface area contributed by atoms with Crippen LogP contribution in [0, 0.1) is 11.6 Å². The molecule has 0 radical (unpaired) electrons. The van der Waals surface area contributed by atoms with E-state index in [4.69, 9.17) is 25.8 Å². The van der Waals surface area contributed by atoms with E-state index >= 15 is 0 Å². The minimum absolute atomic E-state index is 0.0210. The zero-order valence-corrected chi connectivity index (χ0v) is 19.3. The summed E-state index contributed by atoms with van der Waals surface area (Å²) in [5.74, 6) is 0.0792. The molecule has 2 aromatic carbocycles. The van der Waals surface area contributed by atoms with Crippen molar-refractivity contribution in [1.82, 2.24) is 15.0 Å². The van der Waals surface area contributed by atoms with E-state index in [1.807, 2.05) is 0 Å². The number of ether oxygens (including phenoxy) is 3. The van der Waals surface area contributed by atoms with Crippen LogP contribution >= 0.6 is 11.6 Å². The van der Waals surface area contributed by atoms with Crippen LogP contribution in [0.3, 0.4) is 0 Å². The first-order valence-electron chi connectivity index (χ1n) is 10.7. The van der Waals surface area contributed by atoms with Gasteiger partial charge in [0.25, 0.3) is 0 Å². The Balaban J connectivity index is 1.57. The van der Waals surface area contributed by atoms with Crippen LogP contribution in [0.1, 0.15) is 6.42 Å². The number of methoxy groups -OCH3 is 1. The van der Waals surface area contributed by atoms with Crippen molar-refractivity contribution in [2.24, 2.45) is 0 Å². The van der Waals surface area contributed by atoms with E-state index in [9.17, 15) is 8.78 Å². The predicted octanol–water partition coefficient (Wildman–Crippen LogP) is 5.62. The van der Waals surface area contributed by atoms with Gasteiger partial charge in [0.05, 0.1) is 48.4 Å². The van der Waals surface area contributed by atoms with Gasteiger partial charge in [-0.2, -0.15) is 0 Å². The maximum atomic E-state index is 14.6. The highest BCUT2D eigenvalue weighted by Crippen LogP contribution is 2.37. The Hall–Kier alpha value is -3.76. The molecule has 35 heavy (non-hydrogen) atoms. The number of aromatic nitrogens is 3. The Labute approximate surface area is 204 Å². The molecule has 0 aliphatic carbocycles. The average molecular weight is 500 g/mol. The van der Waals surface area contributed by atoms with E-state index in [1.165, 1.54) is 31.6 Å². The number of benzene rings is 2. The van der Waals surface area contributed by atoms with E-state index in [0.717, 1.165) is 12.6 Å². The first-order valence-corrected chi connectivity index (χ1v) is 11.1. The van der Waals surface area contributed by atoms with Crippen LogP contribution in [-0.4, -0.2) is 41.4 Å². The lowest BCUT2D eigenvalue weighted by atomic mass is 10.1. The molecule has 1 saturated heterocycles. The number of rotatable bonds is 7. The Morgan fingerprint density at radius 3 is 2.69 bits per heavy atom. The number of hydrogen-bond acceptors (Lipinski definition) is 8. The second kappa shape index (κ2) is 9.85. The van der Waals surface area contributed by atoms with Crippen LogP contribution in [0.25, 0.3) is 10.9 Å². The SMILES string of the molecule is COc1cc(Nc2cc3c(Nc4ccc(F)c(Cl)c4)ncnc3cc2OC2CCOC2)c(F)cn1. The standard InChI is InChI=1S/C24H20ClF2N5O3/c1-33-23-9-20(18(27)10-28-23)32-21-7-15-19(8-22(21)35-14-4-5-34-11-14)29-12-30-24(15)31-13-2-3-17(26)16(25)6-13/h2-3,6-10,12,14H,4-5,11H2,1H3,(H,28,32)(H,29,30,31). The first-order chi connectivity index (χ1) is 17.0. The van der Waals surface area contributed by atoms with Gasteiger partial charge in [-0.25, -0.2) is 23.7 Å². The van der Waals surface area contributed by atoms with Gasteiger partial charge in [-0.05, 0) is 24.3 Å². The van der Waals surface area contributed by atoms with Crippen LogP contribution in [0.2, 0.25) is 5.02 Å². The van der Waals surface area contributed by atoms with E-state index in [0.29, 0.717) is 47.1 Å². The number of pyridine rings is 1. The first kappa shape index (κ1) is 23.0. The lowest BCUT2D eigenvalue weighted by Gasteiger charge is -2.19. The molecule has 5 rings (SSSR count). The molecule has 3 heterocycles. The molecule has 1 atom stereocenters. The molecule has 1 unspecified atom stereocenters. The summed E-state index contributed by atoms with van der Waals surface area (Å²) in [5, 5.41) is 6.80. The van der Waals surface area contributed by atoms with Gasteiger partial charge in [-0.3, -0.25) is 0 Å². The number of hydrogen-bond donors (Lipinski definition) is 2. The molecule has 1 aliphatic rings. The second-order valence-electron chi connectivity index (χ2n) is 7.78. The molecule has 2 N–H and O–H groups in total. The van der Waals surface area contributed by atoms with Crippen LogP contribution in [0.5, 0.6) is 11.6 Å². The van der Waals surface area contributed by atoms with Crippen LogP contribution in [0.4, 0.5) is 31.7 Å². The van der Waals surface area contributed by atoms with Gasteiger partial charge >= 0.3 is 0 Å². The highest BCUT2D eigenvalue weighted by Gasteiger charge is 2.21. The van der Waals surface area contributed by atoms with Crippen molar-refractivity contribution >= 4 is 45.4 Å². The molecule has 0 bridgehead atoms. The molecule has 2 aromatic heterocycles. The third kappa shape index (κ3) is 5.03. The van der Waals surface area contributed by atoms with Crippen LogP contribution in [-0.2, 0) is 4.74 Å². The topological polar surface area (TPSA) is 90.4 Å². The monoisotopic (exact) mass is 499 g/mol. The van der Waals surface area contributed by atoms with E-state index in [-0.39, 0.29) is 22.7 Å². The Morgan fingerprint density at radius 1 is 1.03 bits per heavy atom. The minimum Gasteiger partial charge on any atom is -0.486 e. The van der Waals surface area contributed by atoms with Crippen molar-refractivity contribution in [2.75, 3.05) is 31.0 Å². The van der Waals surface area contributed by atoms with Crippen molar-refractivity contribution in [1.29, 1.82) is 0 Å². The van der Waals surface area contributed by atoms with Gasteiger partial charge in [0, 0.05) is 29.6 Å². The Kier molecular flexibility index (Phi) is 6.47. The highest BCUT2D eigenvalue weighted by molar-refractivity contribution is 6.31. The maximum Gasteiger partial charge on any atom is 0.215 e. The maximum absolute atomic E-state index is 14.6. The smallest absolute Gasteiger partial charge is 0.215 e. The lowest BCUT2D eigenvalue weighted by Crippen LogP contribution is -2.16. The van der Waals surface area contributed by atoms with Gasteiger partial charge in [0.1, 0.15) is 29.8 Å². The highest BCUT2D eigenvalue weighted by atomic mass is 35.5. The fourth-order valence-corrected chi connectivity index (χ4v) is 3.83. The predicted molar refractivity (Wildman–Crippen MR) is 128 cm³/mol. The molecule has 1 fully saturated rings. The number of fused-ring (bicyclic) bond motifs is 1.